The summed E-state index contributed by atoms with van der Waals surface area (Å²) < 4.78 is 6.19. The summed E-state index contributed by atoms with van der Waals surface area (Å²) in [5, 5.41) is 18.2. The Morgan fingerprint density at radius 2 is 1.93 bits per heavy atom. The van der Waals surface area contributed by atoms with Gasteiger partial charge in [-0.15, -0.1) is 0 Å². The smallest absolute Gasteiger partial charge is 0.174 e. The standard InChI is InChI=1S/C10H24O3Si2/c1-14(2)6-5-10(7-9(12)8-11)13-15(14,3)4/h9-12H,5-8H2,1-4H3. The molecular weight excluding hydrogens is 224 g/mol. The van der Waals surface area contributed by atoms with Crippen LogP contribution in [-0.2, 0) is 4.43 Å². The molecule has 1 fully saturated rings. The van der Waals surface area contributed by atoms with Crippen LogP contribution in [0.2, 0.25) is 32.2 Å². The van der Waals surface area contributed by atoms with Crippen LogP contribution in [0, 0.1) is 0 Å². The molecule has 1 saturated heterocycles. The zero-order chi connectivity index (χ0) is 11.7. The zero-order valence-electron chi connectivity index (χ0n) is 10.3. The molecule has 15 heavy (non-hydrogen) atoms. The van der Waals surface area contributed by atoms with Crippen molar-refractivity contribution in [3.8, 4) is 0 Å². The normalized spacial score (nSPS) is 31.2. The van der Waals surface area contributed by atoms with Gasteiger partial charge in [-0.1, -0.05) is 19.1 Å². The zero-order valence-corrected chi connectivity index (χ0v) is 12.3. The van der Waals surface area contributed by atoms with E-state index in [9.17, 15) is 5.11 Å². The van der Waals surface area contributed by atoms with Gasteiger partial charge in [0.15, 0.2) is 7.83 Å². The second-order valence-corrected chi connectivity index (χ2v) is 20.9. The summed E-state index contributed by atoms with van der Waals surface area (Å²) in [6, 6.07) is 1.30. The summed E-state index contributed by atoms with van der Waals surface area (Å²) >= 11 is 0. The Labute approximate surface area is 94.4 Å². The predicted molar refractivity (Wildman–Crippen MR) is 67.0 cm³/mol. The van der Waals surface area contributed by atoms with Crippen molar-refractivity contribution < 1.29 is 14.6 Å². The third-order valence-electron chi connectivity index (χ3n) is 3.93. The minimum absolute atomic E-state index is 0.150. The quantitative estimate of drug-likeness (QED) is 0.745. The number of rotatable bonds is 3. The molecule has 0 radical (unpaired) electrons. The Morgan fingerprint density at radius 3 is 2.40 bits per heavy atom. The van der Waals surface area contributed by atoms with Crippen molar-refractivity contribution in [3.63, 3.8) is 0 Å². The summed E-state index contributed by atoms with van der Waals surface area (Å²) in [7, 11) is -2.66. The van der Waals surface area contributed by atoms with Crippen LogP contribution in [0.4, 0.5) is 0 Å². The van der Waals surface area contributed by atoms with Gasteiger partial charge in [0.1, 0.15) is 0 Å². The number of aliphatic hydroxyl groups is 2. The summed E-state index contributed by atoms with van der Waals surface area (Å²) in [6.07, 6.45) is 1.22. The van der Waals surface area contributed by atoms with Crippen molar-refractivity contribution in [3.05, 3.63) is 0 Å². The molecule has 0 amide bonds. The SMILES string of the molecule is C[Si]1(C)CCC(CC(O)CO)O[Si]1(C)C. The molecule has 1 heterocycles. The first-order chi connectivity index (χ1) is 6.78. The van der Waals surface area contributed by atoms with Crippen LogP contribution in [0.1, 0.15) is 12.8 Å². The molecule has 0 aromatic heterocycles. The first-order valence-corrected chi connectivity index (χ1v) is 12.9. The molecule has 0 bridgehead atoms. The molecule has 2 atom stereocenters. The highest BCUT2D eigenvalue weighted by molar-refractivity contribution is 7.38. The van der Waals surface area contributed by atoms with Gasteiger partial charge >= 0.3 is 0 Å². The summed E-state index contributed by atoms with van der Waals surface area (Å²) in [5.74, 6) is 0. The topological polar surface area (TPSA) is 49.7 Å². The predicted octanol–water partition coefficient (Wildman–Crippen LogP) is 1.51. The Kier molecular flexibility index (Phi) is 4.16. The van der Waals surface area contributed by atoms with E-state index >= 15 is 0 Å². The lowest BCUT2D eigenvalue weighted by Crippen LogP contribution is -2.62. The van der Waals surface area contributed by atoms with Crippen molar-refractivity contribution >= 4 is 15.4 Å². The summed E-state index contributed by atoms with van der Waals surface area (Å²) in [6.45, 7) is 9.28. The Morgan fingerprint density at radius 1 is 1.33 bits per heavy atom. The molecule has 90 valence electrons. The summed E-state index contributed by atoms with van der Waals surface area (Å²) in [5.41, 5.74) is 0. The van der Waals surface area contributed by atoms with E-state index in [2.05, 4.69) is 26.2 Å². The van der Waals surface area contributed by atoms with E-state index in [-0.39, 0.29) is 12.7 Å². The highest BCUT2D eigenvalue weighted by atomic mass is 29.3. The second-order valence-electron chi connectivity index (χ2n) is 5.74. The van der Waals surface area contributed by atoms with Crippen LogP contribution in [0.5, 0.6) is 0 Å². The monoisotopic (exact) mass is 248 g/mol. The van der Waals surface area contributed by atoms with Crippen LogP contribution >= 0.6 is 0 Å². The molecule has 2 N–H and O–H groups in total. The van der Waals surface area contributed by atoms with E-state index in [0.29, 0.717) is 6.42 Å². The van der Waals surface area contributed by atoms with E-state index in [1.807, 2.05) is 0 Å². The molecule has 2 unspecified atom stereocenters. The Hall–Kier alpha value is 0.314. The van der Waals surface area contributed by atoms with Gasteiger partial charge in [0.05, 0.1) is 20.3 Å². The van der Waals surface area contributed by atoms with Gasteiger partial charge < -0.3 is 14.6 Å². The molecule has 1 aliphatic rings. The fourth-order valence-corrected chi connectivity index (χ4v) is 8.71. The van der Waals surface area contributed by atoms with Crippen molar-refractivity contribution in [1.82, 2.24) is 0 Å². The minimum Gasteiger partial charge on any atom is -0.417 e. The van der Waals surface area contributed by atoms with E-state index < -0.39 is 21.5 Å². The van der Waals surface area contributed by atoms with Gasteiger partial charge in [-0.05, 0) is 19.5 Å². The van der Waals surface area contributed by atoms with Crippen molar-refractivity contribution in [1.29, 1.82) is 0 Å². The van der Waals surface area contributed by atoms with Gasteiger partial charge in [0, 0.05) is 12.5 Å². The number of hydrogen-bond acceptors (Lipinski definition) is 3. The third-order valence-corrected chi connectivity index (χ3v) is 20.5. The van der Waals surface area contributed by atoms with Crippen LogP contribution in [-0.4, -0.2) is 44.5 Å². The van der Waals surface area contributed by atoms with Crippen LogP contribution in [0.25, 0.3) is 0 Å². The fraction of sp³-hybridized carbons (Fsp3) is 1.00. The van der Waals surface area contributed by atoms with Crippen molar-refractivity contribution in [2.24, 2.45) is 0 Å². The maximum atomic E-state index is 9.41. The maximum absolute atomic E-state index is 9.41. The largest absolute Gasteiger partial charge is 0.417 e. The van der Waals surface area contributed by atoms with E-state index in [1.54, 1.807) is 0 Å². The average molecular weight is 248 g/mol. The van der Waals surface area contributed by atoms with Crippen LogP contribution in [0.15, 0.2) is 0 Å². The van der Waals surface area contributed by atoms with Crippen molar-refractivity contribution in [2.75, 3.05) is 6.61 Å². The number of aliphatic hydroxyl groups excluding tert-OH is 2. The van der Waals surface area contributed by atoms with Gasteiger partial charge in [0.2, 0.25) is 0 Å². The summed E-state index contributed by atoms with van der Waals surface area (Å²) in [4.78, 5) is 0. The van der Waals surface area contributed by atoms with Crippen molar-refractivity contribution in [2.45, 2.75) is 57.3 Å². The molecule has 1 rings (SSSR count). The first-order valence-electron chi connectivity index (χ1n) is 5.75. The molecular formula is C10H24O3Si2. The third kappa shape index (κ3) is 3.13. The van der Waals surface area contributed by atoms with Gasteiger partial charge in [-0.2, -0.15) is 0 Å². The lowest BCUT2D eigenvalue weighted by molar-refractivity contribution is 0.0457. The number of hydrogen-bond donors (Lipinski definition) is 2. The molecule has 3 nitrogen and oxygen atoms in total. The van der Waals surface area contributed by atoms with Gasteiger partial charge in [0.25, 0.3) is 0 Å². The molecule has 0 aliphatic carbocycles. The van der Waals surface area contributed by atoms with E-state index in [4.69, 9.17) is 9.53 Å². The lowest BCUT2D eigenvalue weighted by Gasteiger charge is -2.46. The highest BCUT2D eigenvalue weighted by Crippen LogP contribution is 2.34. The van der Waals surface area contributed by atoms with Gasteiger partial charge in [-0.25, -0.2) is 0 Å². The van der Waals surface area contributed by atoms with E-state index in [1.165, 1.54) is 6.04 Å². The second kappa shape index (κ2) is 4.67. The van der Waals surface area contributed by atoms with Gasteiger partial charge in [-0.3, -0.25) is 0 Å². The molecule has 0 aromatic carbocycles. The van der Waals surface area contributed by atoms with Crippen LogP contribution in [0.3, 0.4) is 0 Å². The molecule has 0 saturated carbocycles. The first kappa shape index (κ1) is 13.4. The fourth-order valence-electron chi connectivity index (χ4n) is 2.00. The van der Waals surface area contributed by atoms with Crippen LogP contribution < -0.4 is 0 Å². The Balaban J connectivity index is 2.55. The molecule has 5 heteroatoms. The lowest BCUT2D eigenvalue weighted by atomic mass is 10.1. The maximum Gasteiger partial charge on any atom is 0.174 e. The molecule has 0 spiro atoms. The van der Waals surface area contributed by atoms with E-state index in [0.717, 1.165) is 6.42 Å². The molecule has 1 aliphatic heterocycles. The highest BCUT2D eigenvalue weighted by Gasteiger charge is 2.47. The minimum atomic E-state index is -1.51. The molecule has 0 aromatic rings. The average Bonchev–Trinajstić information content (AvgIpc) is 2.11. The Bertz CT molecular complexity index is 219.